The monoisotopic (exact) mass is 502 g/mol. The number of oxazole rings is 1. The summed E-state index contributed by atoms with van der Waals surface area (Å²) in [5.74, 6) is 0.830. The Morgan fingerprint density at radius 1 is 0.973 bits per heavy atom. The van der Waals surface area contributed by atoms with Gasteiger partial charge in [-0.2, -0.15) is 0 Å². The molecule has 37 heavy (non-hydrogen) atoms. The van der Waals surface area contributed by atoms with Crippen LogP contribution in [-0.4, -0.2) is 53.8 Å². The summed E-state index contributed by atoms with van der Waals surface area (Å²) in [6.07, 6.45) is 2.46. The van der Waals surface area contributed by atoms with Gasteiger partial charge in [0, 0.05) is 31.6 Å². The van der Waals surface area contributed by atoms with Crippen molar-refractivity contribution in [1.29, 1.82) is 0 Å². The van der Waals surface area contributed by atoms with Gasteiger partial charge in [-0.25, -0.2) is 4.98 Å². The number of amides is 3. The van der Waals surface area contributed by atoms with Crippen molar-refractivity contribution in [3.63, 3.8) is 0 Å². The lowest BCUT2D eigenvalue weighted by Gasteiger charge is -2.23. The second kappa shape index (κ2) is 12.9. The van der Waals surface area contributed by atoms with E-state index in [1.54, 1.807) is 6.92 Å². The smallest absolute Gasteiger partial charge is 0.239 e. The first kappa shape index (κ1) is 26.1. The van der Waals surface area contributed by atoms with Crippen molar-refractivity contribution >= 4 is 17.7 Å². The molecule has 0 bridgehead atoms. The fourth-order valence-corrected chi connectivity index (χ4v) is 4.55. The van der Waals surface area contributed by atoms with E-state index >= 15 is 0 Å². The average Bonchev–Trinajstić information content (AvgIpc) is 3.28. The molecule has 2 N–H and O–H groups in total. The SMILES string of the molecule is Cc1oc(-c2ccccc2)nc1CC(=O)N1CCCNC(=O)CCC(c2ccccc2)CCNC(=O)C1. The molecule has 1 unspecified atom stereocenters. The number of carbonyl (C=O) groups is 3. The zero-order valence-corrected chi connectivity index (χ0v) is 21.2. The van der Waals surface area contributed by atoms with Crippen LogP contribution in [0.1, 0.15) is 48.6 Å². The largest absolute Gasteiger partial charge is 0.441 e. The van der Waals surface area contributed by atoms with Gasteiger partial charge in [-0.3, -0.25) is 14.4 Å². The van der Waals surface area contributed by atoms with Crippen LogP contribution < -0.4 is 10.6 Å². The summed E-state index contributed by atoms with van der Waals surface area (Å²) in [5, 5.41) is 5.92. The molecule has 0 radical (unpaired) electrons. The molecule has 8 nitrogen and oxygen atoms in total. The normalized spacial score (nSPS) is 18.0. The molecule has 3 amide bonds. The number of hydrogen-bond donors (Lipinski definition) is 2. The fourth-order valence-electron chi connectivity index (χ4n) is 4.55. The lowest BCUT2D eigenvalue weighted by Crippen LogP contribution is -2.43. The summed E-state index contributed by atoms with van der Waals surface area (Å²) in [5.41, 5.74) is 2.56. The molecular weight excluding hydrogens is 468 g/mol. The van der Waals surface area contributed by atoms with Gasteiger partial charge in [0.25, 0.3) is 0 Å². The number of hydrogen-bond acceptors (Lipinski definition) is 5. The summed E-state index contributed by atoms with van der Waals surface area (Å²) in [7, 11) is 0. The summed E-state index contributed by atoms with van der Waals surface area (Å²) in [6, 6.07) is 19.6. The van der Waals surface area contributed by atoms with Gasteiger partial charge in [0.2, 0.25) is 23.6 Å². The molecule has 1 aliphatic rings. The molecule has 3 aromatic rings. The Morgan fingerprint density at radius 3 is 2.43 bits per heavy atom. The van der Waals surface area contributed by atoms with Crippen LogP contribution in [0.3, 0.4) is 0 Å². The quantitative estimate of drug-likeness (QED) is 0.567. The molecule has 0 spiro atoms. The Labute approximate surface area is 217 Å². The minimum atomic E-state index is -0.202. The number of benzene rings is 2. The molecule has 2 heterocycles. The van der Waals surface area contributed by atoms with Gasteiger partial charge in [0.05, 0.1) is 18.7 Å². The zero-order chi connectivity index (χ0) is 26.0. The van der Waals surface area contributed by atoms with Crippen LogP contribution in [0, 0.1) is 6.92 Å². The van der Waals surface area contributed by atoms with Gasteiger partial charge in [-0.1, -0.05) is 48.5 Å². The molecular formula is C29H34N4O4. The van der Waals surface area contributed by atoms with E-state index in [0.29, 0.717) is 49.8 Å². The lowest BCUT2D eigenvalue weighted by molar-refractivity contribution is -0.135. The third-order valence-electron chi connectivity index (χ3n) is 6.65. The van der Waals surface area contributed by atoms with E-state index in [4.69, 9.17) is 4.42 Å². The van der Waals surface area contributed by atoms with Crippen molar-refractivity contribution in [1.82, 2.24) is 20.5 Å². The summed E-state index contributed by atoms with van der Waals surface area (Å²) in [4.78, 5) is 44.5. The Balaban J connectivity index is 1.41. The van der Waals surface area contributed by atoms with Crippen LogP contribution in [-0.2, 0) is 20.8 Å². The van der Waals surface area contributed by atoms with Crippen LogP contribution in [0.25, 0.3) is 11.5 Å². The molecule has 4 rings (SSSR count). The van der Waals surface area contributed by atoms with Crippen molar-refractivity contribution in [2.45, 2.75) is 44.9 Å². The maximum atomic E-state index is 13.2. The second-order valence-electron chi connectivity index (χ2n) is 9.37. The highest BCUT2D eigenvalue weighted by molar-refractivity contribution is 5.85. The topological polar surface area (TPSA) is 105 Å². The molecule has 8 heteroatoms. The first-order chi connectivity index (χ1) is 18.0. The van der Waals surface area contributed by atoms with E-state index in [1.165, 1.54) is 4.90 Å². The molecule has 0 aliphatic carbocycles. The van der Waals surface area contributed by atoms with Gasteiger partial charge in [0.1, 0.15) is 5.76 Å². The lowest BCUT2D eigenvalue weighted by atomic mass is 9.91. The third-order valence-corrected chi connectivity index (χ3v) is 6.65. The van der Waals surface area contributed by atoms with Crippen LogP contribution in [0.5, 0.6) is 0 Å². The fraction of sp³-hybridized carbons (Fsp3) is 0.379. The van der Waals surface area contributed by atoms with Crippen molar-refractivity contribution in [2.24, 2.45) is 0 Å². The van der Waals surface area contributed by atoms with Crippen molar-refractivity contribution in [3.8, 4) is 11.5 Å². The number of aryl methyl sites for hydroxylation is 1. The second-order valence-corrected chi connectivity index (χ2v) is 9.37. The maximum absolute atomic E-state index is 13.2. The first-order valence-electron chi connectivity index (χ1n) is 12.9. The molecule has 0 saturated carbocycles. The van der Waals surface area contributed by atoms with E-state index in [2.05, 4.69) is 27.8 Å². The van der Waals surface area contributed by atoms with Crippen molar-refractivity contribution in [3.05, 3.63) is 77.7 Å². The highest BCUT2D eigenvalue weighted by Gasteiger charge is 2.22. The molecule has 1 atom stereocenters. The molecule has 1 aromatic heterocycles. The highest BCUT2D eigenvalue weighted by atomic mass is 16.4. The number of nitrogens with one attached hydrogen (secondary N) is 2. The van der Waals surface area contributed by atoms with Crippen LogP contribution >= 0.6 is 0 Å². The molecule has 2 aromatic carbocycles. The predicted molar refractivity (Wildman–Crippen MR) is 141 cm³/mol. The molecule has 1 fully saturated rings. The molecule has 194 valence electrons. The first-order valence-corrected chi connectivity index (χ1v) is 12.9. The van der Waals surface area contributed by atoms with Crippen LogP contribution in [0.4, 0.5) is 0 Å². The third kappa shape index (κ3) is 7.52. The minimum absolute atomic E-state index is 0.00608. The van der Waals surface area contributed by atoms with E-state index in [0.717, 1.165) is 24.0 Å². The van der Waals surface area contributed by atoms with Gasteiger partial charge >= 0.3 is 0 Å². The number of nitrogens with zero attached hydrogens (tertiary/aromatic N) is 2. The zero-order valence-electron chi connectivity index (χ0n) is 21.2. The summed E-state index contributed by atoms with van der Waals surface area (Å²) >= 11 is 0. The Hall–Kier alpha value is -3.94. The van der Waals surface area contributed by atoms with Crippen LogP contribution in [0.2, 0.25) is 0 Å². The van der Waals surface area contributed by atoms with Gasteiger partial charge in [0.15, 0.2) is 0 Å². The van der Waals surface area contributed by atoms with Gasteiger partial charge < -0.3 is 20.0 Å². The van der Waals surface area contributed by atoms with E-state index in [-0.39, 0.29) is 36.6 Å². The van der Waals surface area contributed by atoms with E-state index in [9.17, 15) is 14.4 Å². The maximum Gasteiger partial charge on any atom is 0.239 e. The average molecular weight is 503 g/mol. The summed E-state index contributed by atoms with van der Waals surface area (Å²) < 4.78 is 5.80. The van der Waals surface area contributed by atoms with Crippen molar-refractivity contribution in [2.75, 3.05) is 26.2 Å². The number of carbonyl (C=O) groups excluding carboxylic acids is 3. The number of rotatable bonds is 4. The Bertz CT molecular complexity index is 1190. The van der Waals surface area contributed by atoms with E-state index < -0.39 is 0 Å². The predicted octanol–water partition coefficient (Wildman–Crippen LogP) is 3.61. The van der Waals surface area contributed by atoms with E-state index in [1.807, 2.05) is 48.5 Å². The summed E-state index contributed by atoms with van der Waals surface area (Å²) in [6.45, 7) is 3.04. The van der Waals surface area contributed by atoms with Crippen molar-refractivity contribution < 1.29 is 18.8 Å². The van der Waals surface area contributed by atoms with Gasteiger partial charge in [-0.05, 0) is 49.8 Å². The molecule has 1 aliphatic heterocycles. The highest BCUT2D eigenvalue weighted by Crippen LogP contribution is 2.25. The van der Waals surface area contributed by atoms with Crippen LogP contribution in [0.15, 0.2) is 65.1 Å². The Morgan fingerprint density at radius 2 is 1.68 bits per heavy atom. The molecule has 1 saturated heterocycles. The standard InChI is InChI=1S/C29H34N4O4/c1-21-25(32-29(37-21)24-11-6-3-7-12-24)19-28(36)33-18-8-16-30-26(34)14-13-23(15-17-31-27(35)20-33)22-9-4-2-5-10-22/h2-7,9-12,23H,8,13-20H2,1H3,(H,30,34)(H,31,35). The minimum Gasteiger partial charge on any atom is -0.441 e. The number of aromatic nitrogens is 1. The Kier molecular flexibility index (Phi) is 9.08. The van der Waals surface area contributed by atoms with Gasteiger partial charge in [-0.15, -0.1) is 0 Å².